The second kappa shape index (κ2) is 12.2. The number of hydrogen-bond acceptors (Lipinski definition) is 0. The van der Waals surface area contributed by atoms with Crippen LogP contribution < -0.4 is 0 Å². The van der Waals surface area contributed by atoms with Gasteiger partial charge in [-0.3, -0.25) is 0 Å². The molecule has 0 aliphatic rings. The highest BCUT2D eigenvalue weighted by atomic mass is 19.3. The Morgan fingerprint density at radius 1 is 0.759 bits per heavy atom. The van der Waals surface area contributed by atoms with Gasteiger partial charge in [0.2, 0.25) is 0 Å². The summed E-state index contributed by atoms with van der Waals surface area (Å²) >= 11 is 0. The van der Waals surface area contributed by atoms with Gasteiger partial charge in [-0.15, -0.1) is 0 Å². The van der Waals surface area contributed by atoms with E-state index in [-0.39, 0.29) is 6.42 Å². The maximum atomic E-state index is 13.5. The first-order chi connectivity index (χ1) is 14.0. The van der Waals surface area contributed by atoms with Gasteiger partial charge in [-0.1, -0.05) is 88.1 Å². The molecule has 0 aliphatic carbocycles. The van der Waals surface area contributed by atoms with E-state index >= 15 is 0 Å². The lowest BCUT2D eigenvalue weighted by molar-refractivity contribution is 0.0458. The highest BCUT2D eigenvalue weighted by Crippen LogP contribution is 2.23. The highest BCUT2D eigenvalue weighted by molar-refractivity contribution is 5.53. The van der Waals surface area contributed by atoms with E-state index in [1.807, 2.05) is 24.3 Å². The average Bonchev–Trinajstić information content (AvgIpc) is 2.72. The second-order valence-corrected chi connectivity index (χ2v) is 7.58. The third kappa shape index (κ3) is 9.09. The molecule has 0 unspecified atom stereocenters. The van der Waals surface area contributed by atoms with Crippen LogP contribution in [0.15, 0.2) is 54.6 Å². The van der Waals surface area contributed by atoms with Crippen LogP contribution in [0.1, 0.15) is 81.0 Å². The third-order valence-corrected chi connectivity index (χ3v) is 4.89. The molecule has 29 heavy (non-hydrogen) atoms. The molecular weight excluding hydrogens is 362 g/mol. The number of benzene rings is 2. The summed E-state index contributed by atoms with van der Waals surface area (Å²) in [4.78, 5) is 0. The van der Waals surface area contributed by atoms with Crippen LogP contribution in [0, 0.1) is 11.8 Å². The Kier molecular flexibility index (Phi) is 9.65. The van der Waals surface area contributed by atoms with E-state index in [1.165, 1.54) is 43.7 Å². The molecule has 0 bridgehead atoms. The van der Waals surface area contributed by atoms with E-state index in [0.717, 1.165) is 29.2 Å². The Balaban J connectivity index is 1.88. The van der Waals surface area contributed by atoms with Crippen LogP contribution >= 0.6 is 0 Å². The zero-order chi connectivity index (χ0) is 21.0. The molecule has 0 N–H and O–H groups in total. The van der Waals surface area contributed by atoms with Gasteiger partial charge in [-0.05, 0) is 54.3 Å². The first kappa shape index (κ1) is 22.9. The summed E-state index contributed by atoms with van der Waals surface area (Å²) in [6.07, 6.45) is 10.4. The van der Waals surface area contributed by atoms with Gasteiger partial charge in [0.1, 0.15) is 0 Å². The molecule has 2 rings (SSSR count). The molecule has 154 valence electrons. The minimum Gasteiger partial charge on any atom is -0.202 e. The molecule has 0 nitrogen and oxygen atoms in total. The summed E-state index contributed by atoms with van der Waals surface area (Å²) in [7, 11) is 0. The first-order valence-electron chi connectivity index (χ1n) is 10.8. The summed E-state index contributed by atoms with van der Waals surface area (Å²) in [6.45, 7) is 4.00. The Bertz CT molecular complexity index is 802. The number of hydrogen-bond donors (Lipinski definition) is 0. The van der Waals surface area contributed by atoms with Crippen LogP contribution in [-0.2, 0) is 6.42 Å². The Hall–Kier alpha value is -2.40. The van der Waals surface area contributed by atoms with Crippen molar-refractivity contribution in [2.24, 2.45) is 0 Å². The quantitative estimate of drug-likeness (QED) is 0.282. The van der Waals surface area contributed by atoms with Crippen LogP contribution in [-0.4, -0.2) is 5.92 Å². The van der Waals surface area contributed by atoms with Crippen molar-refractivity contribution in [3.05, 3.63) is 76.9 Å². The normalized spacial score (nSPS) is 11.4. The van der Waals surface area contributed by atoms with Crippen molar-refractivity contribution in [2.45, 2.75) is 71.1 Å². The SMILES string of the molecule is CCCCCCCc1ccc(C#Cc2ccc(/C=C/C(F)(F)CCC)cc2)cc1. The van der Waals surface area contributed by atoms with Crippen molar-refractivity contribution in [3.63, 3.8) is 0 Å². The molecule has 2 aromatic carbocycles. The number of allylic oxidation sites excluding steroid dienone is 1. The fraction of sp³-hybridized carbons (Fsp3) is 0.407. The summed E-state index contributed by atoms with van der Waals surface area (Å²) in [5.74, 6) is 3.58. The van der Waals surface area contributed by atoms with Gasteiger partial charge in [0.05, 0.1) is 0 Å². The number of unbranched alkanes of at least 4 members (excludes halogenated alkanes) is 4. The molecule has 0 saturated heterocycles. The molecule has 2 aromatic rings. The predicted octanol–water partition coefficient (Wildman–Crippen LogP) is 8.05. The standard InChI is InChI=1S/C27H32F2/c1-3-5-6-7-8-9-23-10-12-24(13-11-23)14-15-25-16-18-26(19-17-25)20-22-27(28,29)21-4-2/h10-13,16-20,22H,3-9,21H2,1-2H3/b22-20+. The van der Waals surface area contributed by atoms with Crippen molar-refractivity contribution >= 4 is 6.08 Å². The predicted molar refractivity (Wildman–Crippen MR) is 120 cm³/mol. The molecular formula is C27H32F2. The molecule has 0 atom stereocenters. The minimum atomic E-state index is -2.74. The van der Waals surface area contributed by atoms with Crippen molar-refractivity contribution in [1.29, 1.82) is 0 Å². The smallest absolute Gasteiger partial charge is 0.202 e. The number of halogens is 2. The minimum absolute atomic E-state index is 0.120. The molecule has 2 heteroatoms. The lowest BCUT2D eigenvalue weighted by Gasteiger charge is -2.09. The number of rotatable bonds is 10. The van der Waals surface area contributed by atoms with Crippen LogP contribution in [0.5, 0.6) is 0 Å². The third-order valence-electron chi connectivity index (χ3n) is 4.89. The van der Waals surface area contributed by atoms with E-state index in [1.54, 1.807) is 6.92 Å². The molecule has 0 fully saturated rings. The van der Waals surface area contributed by atoms with Gasteiger partial charge in [0.25, 0.3) is 5.92 Å². The van der Waals surface area contributed by atoms with Gasteiger partial charge in [-0.2, -0.15) is 0 Å². The monoisotopic (exact) mass is 394 g/mol. The van der Waals surface area contributed by atoms with Crippen molar-refractivity contribution < 1.29 is 8.78 Å². The van der Waals surface area contributed by atoms with E-state index in [4.69, 9.17) is 0 Å². The Morgan fingerprint density at radius 2 is 1.34 bits per heavy atom. The second-order valence-electron chi connectivity index (χ2n) is 7.58. The Morgan fingerprint density at radius 3 is 1.93 bits per heavy atom. The highest BCUT2D eigenvalue weighted by Gasteiger charge is 2.22. The largest absolute Gasteiger partial charge is 0.266 e. The summed E-state index contributed by atoms with van der Waals surface area (Å²) < 4.78 is 27.1. The van der Waals surface area contributed by atoms with Gasteiger partial charge in [0.15, 0.2) is 0 Å². The lowest BCUT2D eigenvalue weighted by Crippen LogP contribution is -2.10. The summed E-state index contributed by atoms with van der Waals surface area (Å²) in [5, 5.41) is 0. The molecule has 0 spiro atoms. The Labute approximate surface area is 175 Å². The van der Waals surface area contributed by atoms with Gasteiger partial charge in [-0.25, -0.2) is 8.78 Å². The molecule has 0 radical (unpaired) electrons. The van der Waals surface area contributed by atoms with Crippen LogP contribution in [0.25, 0.3) is 6.08 Å². The zero-order valence-electron chi connectivity index (χ0n) is 17.7. The molecule has 0 aromatic heterocycles. The van der Waals surface area contributed by atoms with Gasteiger partial charge in [0, 0.05) is 17.5 Å². The van der Waals surface area contributed by atoms with Gasteiger partial charge < -0.3 is 0 Å². The number of alkyl halides is 2. The molecule has 0 saturated carbocycles. The first-order valence-corrected chi connectivity index (χ1v) is 10.8. The maximum Gasteiger partial charge on any atom is 0.266 e. The van der Waals surface area contributed by atoms with Crippen molar-refractivity contribution in [1.82, 2.24) is 0 Å². The van der Waals surface area contributed by atoms with E-state index in [2.05, 4.69) is 43.0 Å². The fourth-order valence-corrected chi connectivity index (χ4v) is 3.14. The van der Waals surface area contributed by atoms with Gasteiger partial charge >= 0.3 is 0 Å². The topological polar surface area (TPSA) is 0 Å². The van der Waals surface area contributed by atoms with E-state index < -0.39 is 5.92 Å². The summed E-state index contributed by atoms with van der Waals surface area (Å²) in [5.41, 5.74) is 3.99. The fourth-order valence-electron chi connectivity index (χ4n) is 3.14. The average molecular weight is 395 g/mol. The maximum absolute atomic E-state index is 13.5. The van der Waals surface area contributed by atoms with E-state index in [0.29, 0.717) is 6.42 Å². The van der Waals surface area contributed by atoms with Crippen molar-refractivity contribution in [2.75, 3.05) is 0 Å². The number of aryl methyl sites for hydroxylation is 1. The van der Waals surface area contributed by atoms with Crippen molar-refractivity contribution in [3.8, 4) is 11.8 Å². The lowest BCUT2D eigenvalue weighted by atomic mass is 10.0. The summed E-state index contributed by atoms with van der Waals surface area (Å²) in [6, 6.07) is 15.9. The zero-order valence-corrected chi connectivity index (χ0v) is 17.7. The molecule has 0 amide bonds. The van der Waals surface area contributed by atoms with Crippen LogP contribution in [0.3, 0.4) is 0 Å². The molecule has 0 aliphatic heterocycles. The molecule has 0 heterocycles. The van der Waals surface area contributed by atoms with Crippen LogP contribution in [0.4, 0.5) is 8.78 Å². The van der Waals surface area contributed by atoms with E-state index in [9.17, 15) is 8.78 Å². The van der Waals surface area contributed by atoms with Crippen LogP contribution in [0.2, 0.25) is 0 Å².